The van der Waals surface area contributed by atoms with Gasteiger partial charge in [-0.1, -0.05) is 30.3 Å². The first-order valence-electron chi connectivity index (χ1n) is 7.80. The van der Waals surface area contributed by atoms with Crippen LogP contribution in [-0.2, 0) is 4.79 Å². The number of para-hydroxylation sites is 2. The first kappa shape index (κ1) is 16.9. The lowest BCUT2D eigenvalue weighted by molar-refractivity contribution is -0.111. The van der Waals surface area contributed by atoms with Crippen molar-refractivity contribution in [3.63, 3.8) is 0 Å². The maximum atomic E-state index is 12.1. The van der Waals surface area contributed by atoms with E-state index in [0.717, 1.165) is 5.52 Å². The van der Waals surface area contributed by atoms with Crippen LogP contribution in [0.4, 0.5) is 0 Å². The first-order valence-corrected chi connectivity index (χ1v) is 7.80. The van der Waals surface area contributed by atoms with Crippen molar-refractivity contribution in [1.29, 1.82) is 0 Å². The minimum atomic E-state index is -1.06. The van der Waals surface area contributed by atoms with Crippen molar-refractivity contribution in [2.24, 2.45) is 0 Å². The van der Waals surface area contributed by atoms with Crippen molar-refractivity contribution in [2.75, 3.05) is 6.61 Å². The molecular weight excluding hydrogens is 320 g/mol. The molecule has 2 aromatic carbocycles. The molecule has 0 radical (unpaired) electrons. The molecule has 6 heteroatoms. The van der Waals surface area contributed by atoms with Gasteiger partial charge in [-0.25, -0.2) is 4.98 Å². The Morgan fingerprint density at radius 1 is 1.20 bits per heavy atom. The van der Waals surface area contributed by atoms with Gasteiger partial charge < -0.3 is 20.3 Å². The predicted molar refractivity (Wildman–Crippen MR) is 94.7 cm³/mol. The van der Waals surface area contributed by atoms with E-state index in [4.69, 9.17) is 5.11 Å². The van der Waals surface area contributed by atoms with Crippen LogP contribution in [0.15, 0.2) is 48.5 Å². The van der Waals surface area contributed by atoms with Crippen LogP contribution in [0, 0.1) is 0 Å². The van der Waals surface area contributed by atoms with E-state index in [1.165, 1.54) is 13.0 Å². The number of hydrogen-bond acceptors (Lipinski definition) is 5. The molecule has 3 rings (SSSR count). The number of carbonyl (C=O) groups is 1. The Morgan fingerprint density at radius 3 is 2.64 bits per heavy atom. The zero-order valence-electron chi connectivity index (χ0n) is 13.6. The van der Waals surface area contributed by atoms with Gasteiger partial charge in [0.15, 0.2) is 5.78 Å². The molecule has 0 fully saturated rings. The molecule has 1 aromatic heterocycles. The number of aromatic amines is 1. The molecule has 3 aromatic rings. The van der Waals surface area contributed by atoms with E-state index in [-0.39, 0.29) is 22.9 Å². The quantitative estimate of drug-likeness (QED) is 0.423. The van der Waals surface area contributed by atoms with Crippen molar-refractivity contribution in [2.45, 2.75) is 13.0 Å². The highest BCUT2D eigenvalue weighted by molar-refractivity contribution is 6.25. The van der Waals surface area contributed by atoms with E-state index in [0.29, 0.717) is 16.6 Å². The van der Waals surface area contributed by atoms with E-state index in [1.54, 1.807) is 18.2 Å². The number of fused-ring (bicyclic) bond motifs is 1. The van der Waals surface area contributed by atoms with Gasteiger partial charge in [0.25, 0.3) is 0 Å². The highest BCUT2D eigenvalue weighted by Gasteiger charge is 2.19. The summed E-state index contributed by atoms with van der Waals surface area (Å²) < 4.78 is 0. The topological polar surface area (TPSA) is 106 Å². The van der Waals surface area contributed by atoms with Crippen LogP contribution in [0.5, 0.6) is 0 Å². The fourth-order valence-electron chi connectivity index (χ4n) is 2.66. The van der Waals surface area contributed by atoms with Gasteiger partial charge in [-0.3, -0.25) is 4.79 Å². The van der Waals surface area contributed by atoms with Gasteiger partial charge in [0, 0.05) is 5.56 Å². The van der Waals surface area contributed by atoms with Crippen molar-refractivity contribution in [3.8, 4) is 0 Å². The molecule has 128 valence electrons. The van der Waals surface area contributed by atoms with Crippen LogP contribution < -0.4 is 0 Å². The number of benzene rings is 2. The second kappa shape index (κ2) is 6.88. The Kier molecular flexibility index (Phi) is 4.65. The number of aliphatic hydroxyl groups excluding tert-OH is 3. The number of allylic oxidation sites excluding steroid dienone is 1. The summed E-state index contributed by atoms with van der Waals surface area (Å²) >= 11 is 0. The third-order valence-corrected chi connectivity index (χ3v) is 3.93. The Labute approximate surface area is 144 Å². The summed E-state index contributed by atoms with van der Waals surface area (Å²) in [6.07, 6.45) is -1.06. The summed E-state index contributed by atoms with van der Waals surface area (Å²) in [6, 6.07) is 13.7. The van der Waals surface area contributed by atoms with Crippen molar-refractivity contribution < 1.29 is 20.1 Å². The smallest absolute Gasteiger partial charge is 0.167 e. The van der Waals surface area contributed by atoms with E-state index >= 15 is 0 Å². The molecule has 0 aliphatic heterocycles. The second-order valence-electron chi connectivity index (χ2n) is 5.71. The number of rotatable bonds is 5. The molecule has 1 heterocycles. The van der Waals surface area contributed by atoms with Crippen LogP contribution in [0.1, 0.15) is 30.0 Å². The number of imidazole rings is 1. The highest BCUT2D eigenvalue weighted by atomic mass is 16.3. The highest BCUT2D eigenvalue weighted by Crippen LogP contribution is 2.27. The fraction of sp³-hybridized carbons (Fsp3) is 0.158. The molecule has 0 saturated heterocycles. The van der Waals surface area contributed by atoms with Gasteiger partial charge in [-0.2, -0.15) is 0 Å². The molecule has 25 heavy (non-hydrogen) atoms. The number of ketones is 1. The van der Waals surface area contributed by atoms with E-state index < -0.39 is 12.7 Å². The summed E-state index contributed by atoms with van der Waals surface area (Å²) in [7, 11) is 0. The minimum Gasteiger partial charge on any atom is -0.506 e. The average molecular weight is 338 g/mol. The standard InChI is InChI=1S/C19H18N2O4/c1-11(23)17(19-20-14-7-2-3-8-15(14)21-19)18(25)13-6-4-5-12(9-13)16(24)10-22/h2-9,16,22,24-25H,10H2,1H3,(H,20,21)/b18-17-/t16-/m1/s1. The minimum absolute atomic E-state index is 0.0619. The SMILES string of the molecule is CC(=O)/C(=C(/O)c1cccc([C@H](O)CO)c1)c1nc2ccccc2[nH]1. The fourth-order valence-corrected chi connectivity index (χ4v) is 2.66. The number of carbonyl (C=O) groups excluding carboxylic acids is 1. The van der Waals surface area contributed by atoms with E-state index in [1.807, 2.05) is 24.3 Å². The van der Waals surface area contributed by atoms with Crippen molar-refractivity contribution in [1.82, 2.24) is 9.97 Å². The van der Waals surface area contributed by atoms with Crippen LogP contribution in [0.2, 0.25) is 0 Å². The summed E-state index contributed by atoms with van der Waals surface area (Å²) in [5.74, 6) is -0.303. The largest absolute Gasteiger partial charge is 0.506 e. The van der Waals surface area contributed by atoms with Gasteiger partial charge in [-0.05, 0) is 30.7 Å². The molecular formula is C19H18N2O4. The van der Waals surface area contributed by atoms with Gasteiger partial charge >= 0.3 is 0 Å². The second-order valence-corrected chi connectivity index (χ2v) is 5.71. The van der Waals surface area contributed by atoms with Gasteiger partial charge in [-0.15, -0.1) is 0 Å². The molecule has 4 N–H and O–H groups in total. The lowest BCUT2D eigenvalue weighted by atomic mass is 10.0. The number of H-pyrrole nitrogens is 1. The summed E-state index contributed by atoms with van der Waals surface area (Å²) in [6.45, 7) is 0.919. The lowest BCUT2D eigenvalue weighted by Gasteiger charge is -2.11. The number of Topliss-reactive ketones (excluding diaryl/α,β-unsaturated/α-hetero) is 1. The van der Waals surface area contributed by atoms with Crippen molar-refractivity contribution >= 4 is 28.1 Å². The Bertz CT molecular complexity index is 926. The summed E-state index contributed by atoms with van der Waals surface area (Å²) in [5, 5.41) is 29.5. The number of aliphatic hydroxyl groups is 3. The number of nitrogens with zero attached hydrogens (tertiary/aromatic N) is 1. The zero-order valence-corrected chi connectivity index (χ0v) is 13.6. The van der Waals surface area contributed by atoms with Crippen LogP contribution in [0.3, 0.4) is 0 Å². The van der Waals surface area contributed by atoms with E-state index in [9.17, 15) is 15.0 Å². The Balaban J connectivity index is 2.14. The van der Waals surface area contributed by atoms with Crippen LogP contribution in [0.25, 0.3) is 22.4 Å². The lowest BCUT2D eigenvalue weighted by Crippen LogP contribution is -2.05. The van der Waals surface area contributed by atoms with Gasteiger partial charge in [0.2, 0.25) is 0 Å². The van der Waals surface area contributed by atoms with Gasteiger partial charge in [0.05, 0.1) is 17.6 Å². The average Bonchev–Trinajstić information content (AvgIpc) is 3.04. The van der Waals surface area contributed by atoms with Crippen molar-refractivity contribution in [3.05, 3.63) is 65.5 Å². The summed E-state index contributed by atoms with van der Waals surface area (Å²) in [4.78, 5) is 19.6. The predicted octanol–water partition coefficient (Wildman–Crippen LogP) is 2.60. The molecule has 0 aliphatic carbocycles. The van der Waals surface area contributed by atoms with Crippen LogP contribution in [-0.4, -0.2) is 37.7 Å². The molecule has 0 bridgehead atoms. The molecule has 0 saturated carbocycles. The third kappa shape index (κ3) is 3.31. The molecule has 1 atom stereocenters. The zero-order chi connectivity index (χ0) is 18.0. The summed E-state index contributed by atoms with van der Waals surface area (Å²) in [5.41, 5.74) is 2.31. The normalized spacial score (nSPS) is 13.6. The first-order chi connectivity index (χ1) is 12.0. The number of hydrogen-bond donors (Lipinski definition) is 4. The molecule has 0 aliphatic rings. The number of aromatic nitrogens is 2. The molecule has 0 unspecified atom stereocenters. The molecule has 0 amide bonds. The van der Waals surface area contributed by atoms with Crippen LogP contribution >= 0.6 is 0 Å². The maximum Gasteiger partial charge on any atom is 0.167 e. The molecule has 6 nitrogen and oxygen atoms in total. The van der Waals surface area contributed by atoms with Gasteiger partial charge in [0.1, 0.15) is 23.3 Å². The van der Waals surface area contributed by atoms with E-state index in [2.05, 4.69) is 9.97 Å². The molecule has 0 spiro atoms. The maximum absolute atomic E-state index is 12.1. The Morgan fingerprint density at radius 2 is 1.96 bits per heavy atom. The third-order valence-electron chi connectivity index (χ3n) is 3.93. The monoisotopic (exact) mass is 338 g/mol. The number of nitrogens with one attached hydrogen (secondary N) is 1. The Hall–Kier alpha value is -2.96.